The van der Waals surface area contributed by atoms with Crippen molar-refractivity contribution in [2.45, 2.75) is 6.04 Å². The fourth-order valence-corrected chi connectivity index (χ4v) is 2.96. The molecule has 1 aromatic carbocycles. The molecule has 1 fully saturated rings. The lowest BCUT2D eigenvalue weighted by Crippen LogP contribution is -2.47. The molecule has 2 rings (SSSR count). The van der Waals surface area contributed by atoms with Crippen LogP contribution in [0.15, 0.2) is 29.3 Å². The Bertz CT molecular complexity index is 654. The molecule has 2 N–H and O–H groups in total. The number of hydrogen-bond acceptors (Lipinski definition) is 5. The molecule has 30 heavy (non-hydrogen) atoms. The maximum atomic E-state index is 13.4. The maximum Gasteiger partial charge on any atom is 0.243 e. The van der Waals surface area contributed by atoms with Gasteiger partial charge in [0.1, 0.15) is 12.4 Å². The minimum absolute atomic E-state index is 0. The number of nitrogens with one attached hydrogen (secondary N) is 2. The number of morpholine rings is 1. The van der Waals surface area contributed by atoms with Crippen molar-refractivity contribution in [2.24, 2.45) is 4.99 Å². The smallest absolute Gasteiger partial charge is 0.243 e. The van der Waals surface area contributed by atoms with E-state index in [1.807, 2.05) is 12.1 Å². The first kappa shape index (κ1) is 26.5. The molecule has 1 aliphatic rings. The third-order valence-corrected chi connectivity index (χ3v) is 4.67. The minimum atomic E-state index is -0.256. The number of guanidine groups is 1. The van der Waals surface area contributed by atoms with E-state index >= 15 is 0 Å². The van der Waals surface area contributed by atoms with Crippen LogP contribution in [0.2, 0.25) is 0 Å². The molecule has 1 heterocycles. The van der Waals surface area contributed by atoms with Crippen LogP contribution in [0.4, 0.5) is 4.39 Å². The molecule has 0 radical (unpaired) electrons. The lowest BCUT2D eigenvalue weighted by atomic mass is 10.0. The number of ether oxygens (including phenoxy) is 2. The highest BCUT2D eigenvalue weighted by Crippen LogP contribution is 2.21. The molecule has 1 aliphatic heterocycles. The highest BCUT2D eigenvalue weighted by Gasteiger charge is 2.23. The molecular formula is C20H33FIN5O3. The first-order valence-electron chi connectivity index (χ1n) is 9.79. The third-order valence-electron chi connectivity index (χ3n) is 4.67. The average molecular weight is 537 g/mol. The number of rotatable bonds is 9. The van der Waals surface area contributed by atoms with Crippen molar-refractivity contribution in [1.29, 1.82) is 0 Å². The number of carbonyl (C=O) groups excluding carboxylic acids is 1. The van der Waals surface area contributed by atoms with E-state index < -0.39 is 0 Å². The van der Waals surface area contributed by atoms with Crippen LogP contribution in [0.1, 0.15) is 11.6 Å². The van der Waals surface area contributed by atoms with Crippen molar-refractivity contribution in [2.75, 3.05) is 73.7 Å². The Hall–Kier alpha value is -1.50. The van der Waals surface area contributed by atoms with E-state index in [4.69, 9.17) is 9.47 Å². The van der Waals surface area contributed by atoms with Crippen molar-refractivity contribution in [3.8, 4) is 0 Å². The summed E-state index contributed by atoms with van der Waals surface area (Å²) in [5, 5.41) is 6.49. The molecule has 0 saturated carbocycles. The molecule has 1 atom stereocenters. The zero-order valence-corrected chi connectivity index (χ0v) is 20.2. The van der Waals surface area contributed by atoms with Gasteiger partial charge < -0.3 is 25.0 Å². The van der Waals surface area contributed by atoms with Crippen molar-refractivity contribution in [3.63, 3.8) is 0 Å². The molecule has 0 spiro atoms. The summed E-state index contributed by atoms with van der Waals surface area (Å²) >= 11 is 0. The first-order valence-corrected chi connectivity index (χ1v) is 9.79. The van der Waals surface area contributed by atoms with E-state index in [0.29, 0.717) is 38.9 Å². The van der Waals surface area contributed by atoms with E-state index in [0.717, 1.165) is 18.7 Å². The van der Waals surface area contributed by atoms with Gasteiger partial charge in [-0.25, -0.2) is 9.38 Å². The molecule has 0 bridgehead atoms. The van der Waals surface area contributed by atoms with Crippen LogP contribution >= 0.6 is 24.0 Å². The predicted molar refractivity (Wildman–Crippen MR) is 126 cm³/mol. The number of benzene rings is 1. The molecular weight excluding hydrogens is 504 g/mol. The Morgan fingerprint density at radius 2 is 1.93 bits per heavy atom. The van der Waals surface area contributed by atoms with E-state index in [1.165, 1.54) is 17.0 Å². The number of aliphatic imine (C=N–C) groups is 1. The van der Waals surface area contributed by atoms with Crippen LogP contribution in [-0.2, 0) is 14.3 Å². The lowest BCUT2D eigenvalue weighted by molar-refractivity contribution is -0.127. The van der Waals surface area contributed by atoms with Crippen molar-refractivity contribution in [3.05, 3.63) is 35.6 Å². The fraction of sp³-hybridized carbons (Fsp3) is 0.600. The Morgan fingerprint density at radius 1 is 1.27 bits per heavy atom. The largest absolute Gasteiger partial charge is 0.383 e. The van der Waals surface area contributed by atoms with Gasteiger partial charge in [-0.1, -0.05) is 12.1 Å². The van der Waals surface area contributed by atoms with E-state index in [9.17, 15) is 9.18 Å². The van der Waals surface area contributed by atoms with Gasteiger partial charge >= 0.3 is 0 Å². The summed E-state index contributed by atoms with van der Waals surface area (Å²) in [7, 11) is 5.03. The second-order valence-electron chi connectivity index (χ2n) is 6.97. The summed E-state index contributed by atoms with van der Waals surface area (Å²) < 4.78 is 23.9. The quantitative estimate of drug-likeness (QED) is 0.213. The SMILES string of the molecule is COCCNC(=NCC(=O)N(C)C)NCC(c1ccc(F)cc1)N1CCOCC1.I. The van der Waals surface area contributed by atoms with Crippen molar-refractivity contribution >= 4 is 35.8 Å². The molecule has 170 valence electrons. The normalized spacial score (nSPS) is 15.8. The second kappa shape index (κ2) is 14.5. The van der Waals surface area contributed by atoms with Gasteiger partial charge in [-0.3, -0.25) is 9.69 Å². The summed E-state index contributed by atoms with van der Waals surface area (Å²) in [6, 6.07) is 6.59. The van der Waals surface area contributed by atoms with Gasteiger partial charge in [0, 0.05) is 47.4 Å². The van der Waals surface area contributed by atoms with Crippen LogP contribution in [0.3, 0.4) is 0 Å². The van der Waals surface area contributed by atoms with Crippen LogP contribution in [0, 0.1) is 5.82 Å². The average Bonchev–Trinajstić information content (AvgIpc) is 2.73. The Labute approximate surface area is 195 Å². The zero-order chi connectivity index (χ0) is 21.1. The van der Waals surface area contributed by atoms with E-state index in [-0.39, 0.29) is 48.3 Å². The number of likely N-dealkylation sites (N-methyl/N-ethyl adjacent to an activating group) is 1. The molecule has 1 unspecified atom stereocenters. The summed E-state index contributed by atoms with van der Waals surface area (Å²) in [5.41, 5.74) is 1.02. The number of methoxy groups -OCH3 is 1. The van der Waals surface area contributed by atoms with E-state index in [1.54, 1.807) is 21.2 Å². The Kier molecular flexibility index (Phi) is 12.8. The van der Waals surface area contributed by atoms with Crippen molar-refractivity contribution < 1.29 is 18.7 Å². The third kappa shape index (κ3) is 9.11. The highest BCUT2D eigenvalue weighted by molar-refractivity contribution is 14.0. The van der Waals surface area contributed by atoms with Gasteiger partial charge in [0.25, 0.3) is 0 Å². The second-order valence-corrected chi connectivity index (χ2v) is 6.97. The molecule has 0 aromatic heterocycles. The number of nitrogens with zero attached hydrogens (tertiary/aromatic N) is 3. The summed E-state index contributed by atoms with van der Waals surface area (Å²) in [6.07, 6.45) is 0. The Morgan fingerprint density at radius 3 is 2.53 bits per heavy atom. The van der Waals surface area contributed by atoms with Crippen LogP contribution in [0.25, 0.3) is 0 Å². The monoisotopic (exact) mass is 537 g/mol. The predicted octanol–water partition coefficient (Wildman–Crippen LogP) is 1.09. The number of hydrogen-bond donors (Lipinski definition) is 2. The lowest BCUT2D eigenvalue weighted by Gasteiger charge is -2.35. The van der Waals surface area contributed by atoms with Gasteiger partial charge in [-0.15, -0.1) is 24.0 Å². The van der Waals surface area contributed by atoms with Gasteiger partial charge in [0.15, 0.2) is 5.96 Å². The van der Waals surface area contributed by atoms with Gasteiger partial charge in [-0.05, 0) is 17.7 Å². The summed E-state index contributed by atoms with van der Waals surface area (Å²) in [4.78, 5) is 20.1. The van der Waals surface area contributed by atoms with E-state index in [2.05, 4.69) is 20.5 Å². The molecule has 8 nitrogen and oxygen atoms in total. The standard InChI is InChI=1S/C20H32FN5O3.HI/c1-25(2)19(27)15-24-20(22-8-11-28-3)23-14-18(26-9-12-29-13-10-26)16-4-6-17(21)7-5-16;/h4-7,18H,8-15H2,1-3H3,(H2,22,23,24);1H. The number of amides is 1. The maximum absolute atomic E-state index is 13.4. The Balaban J connectivity index is 0.00000450. The molecule has 10 heteroatoms. The minimum Gasteiger partial charge on any atom is -0.383 e. The van der Waals surface area contributed by atoms with Crippen LogP contribution in [-0.4, -0.2) is 95.4 Å². The first-order chi connectivity index (χ1) is 14.0. The van der Waals surface area contributed by atoms with Gasteiger partial charge in [-0.2, -0.15) is 0 Å². The highest BCUT2D eigenvalue weighted by atomic mass is 127. The van der Waals surface area contributed by atoms with Crippen LogP contribution < -0.4 is 10.6 Å². The molecule has 1 saturated heterocycles. The van der Waals surface area contributed by atoms with Gasteiger partial charge in [0.2, 0.25) is 5.91 Å². The fourth-order valence-electron chi connectivity index (χ4n) is 2.96. The van der Waals surface area contributed by atoms with Crippen LogP contribution in [0.5, 0.6) is 0 Å². The van der Waals surface area contributed by atoms with Gasteiger partial charge in [0.05, 0.1) is 25.9 Å². The number of carbonyl (C=O) groups is 1. The summed E-state index contributed by atoms with van der Waals surface area (Å²) in [6.45, 7) is 4.63. The molecule has 0 aliphatic carbocycles. The van der Waals surface area contributed by atoms with Crippen molar-refractivity contribution in [1.82, 2.24) is 20.4 Å². The zero-order valence-electron chi connectivity index (χ0n) is 17.9. The topological polar surface area (TPSA) is 78.4 Å². The molecule has 1 aromatic rings. The molecule has 1 amide bonds. The summed E-state index contributed by atoms with van der Waals surface area (Å²) in [5.74, 6) is 0.201. The number of halogens is 2.